The number of hydrogen-bond acceptors (Lipinski definition) is 7. The number of carbonyl (C=O) groups is 2. The van der Waals surface area contributed by atoms with Crippen LogP contribution in [0.15, 0.2) is 35.6 Å². The van der Waals surface area contributed by atoms with Crippen molar-refractivity contribution in [3.8, 4) is 17.2 Å². The van der Waals surface area contributed by atoms with Gasteiger partial charge in [-0.25, -0.2) is 0 Å². The molecule has 0 saturated carbocycles. The molecule has 0 amide bonds. The molecule has 2 N–H and O–H groups in total. The molecule has 2 unspecified atom stereocenters. The number of fused-ring (bicyclic) bond motifs is 1. The third-order valence-electron chi connectivity index (χ3n) is 4.25. The molecule has 1 aliphatic heterocycles. The molecule has 132 valence electrons. The van der Waals surface area contributed by atoms with E-state index in [0.717, 1.165) is 0 Å². The van der Waals surface area contributed by atoms with Gasteiger partial charge in [-0.3, -0.25) is 9.59 Å². The number of ketones is 2. The molecule has 0 fully saturated rings. The molecule has 0 bridgehead atoms. The number of aromatic hydroxyl groups is 1. The van der Waals surface area contributed by atoms with Crippen LogP contribution in [0.2, 0.25) is 0 Å². The lowest BCUT2D eigenvalue weighted by Crippen LogP contribution is -2.38. The normalized spacial score (nSPS) is 25.5. The lowest BCUT2D eigenvalue weighted by Gasteiger charge is -2.35. The van der Waals surface area contributed by atoms with Gasteiger partial charge in [0.1, 0.15) is 5.76 Å². The fraction of sp³-hybridized carbons (Fsp3) is 0.333. The predicted octanol–water partition coefficient (Wildman–Crippen LogP) is 1.58. The third-order valence-corrected chi connectivity index (χ3v) is 4.25. The van der Waals surface area contributed by atoms with E-state index >= 15 is 0 Å². The average Bonchev–Trinajstić information content (AvgIpc) is 2.55. The summed E-state index contributed by atoms with van der Waals surface area (Å²) >= 11 is 0. The van der Waals surface area contributed by atoms with Crippen LogP contribution in [0.1, 0.15) is 25.0 Å². The topological polar surface area (TPSA) is 102 Å². The zero-order valence-corrected chi connectivity index (χ0v) is 14.0. The molecule has 1 aromatic carbocycles. The number of phenolic OH excluding ortho intramolecular Hbond substituents is 1. The Morgan fingerprint density at radius 2 is 1.76 bits per heavy atom. The number of methoxy groups -OCH3 is 2. The highest BCUT2D eigenvalue weighted by molar-refractivity contribution is 6.00. The largest absolute Gasteiger partial charge is 0.502 e. The van der Waals surface area contributed by atoms with Gasteiger partial charge in [-0.2, -0.15) is 0 Å². The Bertz CT molecular complexity index is 792. The van der Waals surface area contributed by atoms with Gasteiger partial charge in [0.25, 0.3) is 0 Å². The summed E-state index contributed by atoms with van der Waals surface area (Å²) in [6.07, 6.45) is 1.42. The van der Waals surface area contributed by atoms with Gasteiger partial charge in [-0.15, -0.1) is 0 Å². The molecule has 7 heteroatoms. The van der Waals surface area contributed by atoms with Crippen molar-refractivity contribution < 1.29 is 34.0 Å². The summed E-state index contributed by atoms with van der Waals surface area (Å²) in [7, 11) is 2.75. The number of rotatable bonds is 3. The van der Waals surface area contributed by atoms with E-state index < -0.39 is 17.5 Å². The zero-order valence-electron chi connectivity index (χ0n) is 14.0. The highest BCUT2D eigenvalue weighted by atomic mass is 16.5. The first-order valence-electron chi connectivity index (χ1n) is 7.61. The van der Waals surface area contributed by atoms with E-state index in [1.807, 2.05) is 0 Å². The lowest BCUT2D eigenvalue weighted by atomic mass is 9.81. The van der Waals surface area contributed by atoms with Crippen molar-refractivity contribution in [2.24, 2.45) is 0 Å². The van der Waals surface area contributed by atoms with E-state index in [9.17, 15) is 19.8 Å². The monoisotopic (exact) mass is 346 g/mol. The molecule has 1 aromatic rings. The SMILES string of the molecule is COc1cc(C2OC3=CC(=O)CC(C)(O)C3=CC2=O)cc(OC)c1O. The van der Waals surface area contributed by atoms with Gasteiger partial charge < -0.3 is 24.4 Å². The minimum Gasteiger partial charge on any atom is -0.502 e. The number of phenols is 1. The summed E-state index contributed by atoms with van der Waals surface area (Å²) in [6.45, 7) is 1.47. The number of allylic oxidation sites excluding steroid dienone is 1. The van der Waals surface area contributed by atoms with E-state index in [4.69, 9.17) is 14.2 Å². The van der Waals surface area contributed by atoms with E-state index in [2.05, 4.69) is 0 Å². The average molecular weight is 346 g/mol. The Hall–Kier alpha value is -2.80. The molecule has 0 spiro atoms. The molecule has 3 rings (SSSR count). The Labute approximate surface area is 144 Å². The van der Waals surface area contributed by atoms with Crippen LogP contribution >= 0.6 is 0 Å². The van der Waals surface area contributed by atoms with Gasteiger partial charge in [0, 0.05) is 23.6 Å². The second-order valence-corrected chi connectivity index (χ2v) is 6.16. The van der Waals surface area contributed by atoms with Crippen molar-refractivity contribution in [2.45, 2.75) is 25.0 Å². The van der Waals surface area contributed by atoms with Crippen LogP contribution in [-0.2, 0) is 14.3 Å². The molecule has 7 nitrogen and oxygen atoms in total. The van der Waals surface area contributed by atoms with Crippen LogP contribution in [-0.4, -0.2) is 41.6 Å². The van der Waals surface area contributed by atoms with E-state index in [1.165, 1.54) is 45.4 Å². The van der Waals surface area contributed by atoms with Crippen LogP contribution in [0, 0.1) is 0 Å². The summed E-state index contributed by atoms with van der Waals surface area (Å²) in [5.41, 5.74) is -0.775. The number of aliphatic hydroxyl groups is 1. The van der Waals surface area contributed by atoms with Gasteiger partial charge in [-0.1, -0.05) is 0 Å². The first-order chi connectivity index (χ1) is 11.8. The van der Waals surface area contributed by atoms with Gasteiger partial charge in [0.05, 0.1) is 19.8 Å². The van der Waals surface area contributed by atoms with E-state index in [1.54, 1.807) is 0 Å². The summed E-state index contributed by atoms with van der Waals surface area (Å²) < 4.78 is 15.9. The van der Waals surface area contributed by atoms with Crippen molar-refractivity contribution in [1.82, 2.24) is 0 Å². The highest BCUT2D eigenvalue weighted by Gasteiger charge is 2.41. The molecule has 0 aromatic heterocycles. The van der Waals surface area contributed by atoms with Crippen LogP contribution in [0.5, 0.6) is 17.2 Å². The van der Waals surface area contributed by atoms with Gasteiger partial charge in [-0.05, 0) is 25.1 Å². The van der Waals surface area contributed by atoms with Crippen molar-refractivity contribution in [2.75, 3.05) is 14.2 Å². The second-order valence-electron chi connectivity index (χ2n) is 6.16. The number of hydrogen-bond donors (Lipinski definition) is 2. The maximum Gasteiger partial charge on any atom is 0.201 e. The van der Waals surface area contributed by atoms with Crippen molar-refractivity contribution in [3.05, 3.63) is 41.2 Å². The second kappa shape index (κ2) is 5.93. The van der Waals surface area contributed by atoms with Crippen molar-refractivity contribution in [3.63, 3.8) is 0 Å². The van der Waals surface area contributed by atoms with Gasteiger partial charge >= 0.3 is 0 Å². The van der Waals surface area contributed by atoms with E-state index in [-0.39, 0.29) is 40.8 Å². The maximum atomic E-state index is 12.5. The molecule has 2 atom stereocenters. The summed E-state index contributed by atoms with van der Waals surface area (Å²) in [6, 6.07) is 2.92. The maximum absolute atomic E-state index is 12.5. The first-order valence-corrected chi connectivity index (χ1v) is 7.61. The first kappa shape index (κ1) is 17.0. The predicted molar refractivity (Wildman–Crippen MR) is 86.5 cm³/mol. The van der Waals surface area contributed by atoms with Crippen molar-refractivity contribution >= 4 is 11.6 Å². The Morgan fingerprint density at radius 1 is 1.16 bits per heavy atom. The molecule has 1 heterocycles. The van der Waals surface area contributed by atoms with Crippen molar-refractivity contribution in [1.29, 1.82) is 0 Å². The molecule has 0 saturated heterocycles. The smallest absolute Gasteiger partial charge is 0.201 e. The standard InChI is InChI=1S/C18H18O7/c1-18(22)8-10(19)6-13-11(18)7-12(20)17(25-13)9-4-14(23-2)16(21)15(5-9)24-3/h4-7,17,21-22H,8H2,1-3H3. The van der Waals surface area contributed by atoms with Crippen LogP contribution in [0.4, 0.5) is 0 Å². The van der Waals surface area contributed by atoms with Crippen LogP contribution in [0.25, 0.3) is 0 Å². The Morgan fingerprint density at radius 3 is 2.32 bits per heavy atom. The van der Waals surface area contributed by atoms with Crippen LogP contribution in [0.3, 0.4) is 0 Å². The summed E-state index contributed by atoms with van der Waals surface area (Å²) in [4.78, 5) is 24.3. The third kappa shape index (κ3) is 2.87. The highest BCUT2D eigenvalue weighted by Crippen LogP contribution is 2.43. The minimum atomic E-state index is -1.45. The molecular weight excluding hydrogens is 328 g/mol. The Balaban J connectivity index is 2.07. The fourth-order valence-corrected chi connectivity index (χ4v) is 3.00. The van der Waals surface area contributed by atoms with E-state index in [0.29, 0.717) is 5.56 Å². The molecule has 0 radical (unpaired) electrons. The minimum absolute atomic E-state index is 0.107. The van der Waals surface area contributed by atoms with Gasteiger partial charge in [0.15, 0.2) is 23.4 Å². The molecule has 25 heavy (non-hydrogen) atoms. The molecule has 2 aliphatic rings. The lowest BCUT2D eigenvalue weighted by molar-refractivity contribution is -0.127. The molecule has 1 aliphatic carbocycles. The summed E-state index contributed by atoms with van der Waals surface area (Å²) in [5.74, 6) is -0.453. The number of benzene rings is 1. The fourth-order valence-electron chi connectivity index (χ4n) is 3.00. The zero-order chi connectivity index (χ0) is 18.4. The number of carbonyl (C=O) groups excluding carboxylic acids is 2. The summed E-state index contributed by atoms with van der Waals surface area (Å²) in [5, 5.41) is 20.4. The van der Waals surface area contributed by atoms with Crippen LogP contribution < -0.4 is 9.47 Å². The quantitative estimate of drug-likeness (QED) is 0.856. The molecular formula is C18H18O7. The van der Waals surface area contributed by atoms with Gasteiger partial charge in [0.2, 0.25) is 11.5 Å². The number of ether oxygens (including phenoxy) is 3. The Kier molecular flexibility index (Phi) is 4.04.